The van der Waals surface area contributed by atoms with Crippen molar-refractivity contribution in [1.29, 1.82) is 0 Å². The highest BCUT2D eigenvalue weighted by atomic mass is 19.3. The van der Waals surface area contributed by atoms with Crippen LogP contribution in [0.3, 0.4) is 0 Å². The first-order valence-electron chi connectivity index (χ1n) is 7.05. The average Bonchev–Trinajstić information content (AvgIpc) is 2.06. The Morgan fingerprint density at radius 2 is 1.09 bits per heavy atom. The molecule has 0 fully saturated rings. The second-order valence-corrected chi connectivity index (χ2v) is 6.45. The molecule has 0 N–H and O–H groups in total. The van der Waals surface area contributed by atoms with Crippen LogP contribution in [-0.2, 0) is 0 Å². The Morgan fingerprint density at radius 1 is 0.682 bits per heavy atom. The molecule has 134 valence electrons. The summed E-state index contributed by atoms with van der Waals surface area (Å²) in [5.74, 6) is -16.3. The maximum atomic E-state index is 13.4. The first-order chi connectivity index (χ1) is 9.54. The van der Waals surface area contributed by atoms with Crippen LogP contribution >= 0.6 is 0 Å². The summed E-state index contributed by atoms with van der Waals surface area (Å²) >= 11 is 0. The van der Waals surface area contributed by atoms with Crippen molar-refractivity contribution in [3.63, 3.8) is 0 Å². The minimum absolute atomic E-state index is 0.00975. The first kappa shape index (κ1) is 21.4. The van der Waals surface area contributed by atoms with Crippen LogP contribution in [0.15, 0.2) is 0 Å². The molecule has 0 aliphatic heterocycles. The molecule has 0 radical (unpaired) electrons. The van der Waals surface area contributed by atoms with E-state index in [0.717, 1.165) is 0 Å². The minimum Gasteiger partial charge on any atom is -0.207 e. The monoisotopic (exact) mass is 342 g/mol. The Bertz CT molecular complexity index is 330. The van der Waals surface area contributed by atoms with Gasteiger partial charge >= 0.3 is 0 Å². The van der Waals surface area contributed by atoms with Gasteiger partial charge in [0, 0.05) is 6.42 Å². The van der Waals surface area contributed by atoms with Crippen LogP contribution in [0, 0.1) is 5.92 Å². The number of alkyl halides is 8. The molecule has 0 aromatic heterocycles. The van der Waals surface area contributed by atoms with E-state index in [1.807, 2.05) is 0 Å². The van der Waals surface area contributed by atoms with Crippen molar-refractivity contribution >= 4 is 0 Å². The summed E-state index contributed by atoms with van der Waals surface area (Å²) < 4.78 is 105. The molecule has 0 aromatic carbocycles. The van der Waals surface area contributed by atoms with E-state index in [1.54, 1.807) is 13.8 Å². The molecule has 0 atom stereocenters. The van der Waals surface area contributed by atoms with Gasteiger partial charge in [0.15, 0.2) is 0 Å². The highest BCUT2D eigenvalue weighted by molar-refractivity contribution is 4.85. The van der Waals surface area contributed by atoms with Crippen LogP contribution in [0.4, 0.5) is 35.1 Å². The first-order valence-corrected chi connectivity index (χ1v) is 7.05. The third-order valence-corrected chi connectivity index (χ3v) is 2.93. The summed E-state index contributed by atoms with van der Waals surface area (Å²) in [6.45, 7) is 3.72. The Hall–Kier alpha value is -0.560. The van der Waals surface area contributed by atoms with Crippen LogP contribution in [0.5, 0.6) is 0 Å². The minimum atomic E-state index is -4.41. The zero-order valence-electron chi connectivity index (χ0n) is 12.8. The lowest BCUT2D eigenvalue weighted by Gasteiger charge is -2.28. The van der Waals surface area contributed by atoms with Crippen molar-refractivity contribution < 1.29 is 35.1 Å². The van der Waals surface area contributed by atoms with Crippen molar-refractivity contribution in [2.24, 2.45) is 5.92 Å². The van der Waals surface area contributed by atoms with Gasteiger partial charge in [-0.25, -0.2) is 35.1 Å². The fraction of sp³-hybridized carbons (Fsp3) is 1.00. The molecule has 0 spiro atoms. The average molecular weight is 342 g/mol. The smallest absolute Gasteiger partial charge is 0.207 e. The van der Waals surface area contributed by atoms with Gasteiger partial charge in [-0.2, -0.15) is 0 Å². The molecule has 0 aliphatic carbocycles. The Labute approximate surface area is 125 Å². The quantitative estimate of drug-likeness (QED) is 0.395. The molecule has 0 nitrogen and oxygen atoms in total. The van der Waals surface area contributed by atoms with Gasteiger partial charge in [0.2, 0.25) is 0 Å². The highest BCUT2D eigenvalue weighted by Gasteiger charge is 2.51. The van der Waals surface area contributed by atoms with Crippen LogP contribution < -0.4 is 0 Å². The van der Waals surface area contributed by atoms with Crippen LogP contribution in [-0.4, -0.2) is 23.7 Å². The van der Waals surface area contributed by atoms with E-state index < -0.39 is 49.4 Å². The molecule has 0 unspecified atom stereocenters. The van der Waals surface area contributed by atoms with Crippen LogP contribution in [0.25, 0.3) is 0 Å². The molecule has 0 aliphatic rings. The lowest BCUT2D eigenvalue weighted by atomic mass is 9.96. The van der Waals surface area contributed by atoms with Gasteiger partial charge in [-0.05, 0) is 19.3 Å². The third kappa shape index (κ3) is 11.1. The van der Waals surface area contributed by atoms with Gasteiger partial charge in [0.1, 0.15) is 0 Å². The SMILES string of the molecule is CC(C)CCCC(F)(F)CC(F)(F)CC(F)(F)CC(C)(F)F. The zero-order valence-corrected chi connectivity index (χ0v) is 12.8. The lowest BCUT2D eigenvalue weighted by Crippen LogP contribution is -2.37. The van der Waals surface area contributed by atoms with E-state index in [1.165, 1.54) is 0 Å². The number of hydrogen-bond donors (Lipinski definition) is 0. The zero-order chi connectivity index (χ0) is 17.8. The summed E-state index contributed by atoms with van der Waals surface area (Å²) in [5, 5.41) is 0. The molecule has 0 saturated carbocycles. The van der Waals surface area contributed by atoms with E-state index in [2.05, 4.69) is 0 Å². The summed E-state index contributed by atoms with van der Waals surface area (Å²) in [5.41, 5.74) is 0. The molecule has 22 heavy (non-hydrogen) atoms. The van der Waals surface area contributed by atoms with E-state index in [0.29, 0.717) is 6.42 Å². The van der Waals surface area contributed by atoms with E-state index >= 15 is 0 Å². The molecule has 0 aromatic rings. The molecule has 8 heteroatoms. The van der Waals surface area contributed by atoms with Gasteiger partial charge < -0.3 is 0 Å². The maximum absolute atomic E-state index is 13.4. The fourth-order valence-corrected chi connectivity index (χ4v) is 2.19. The standard InChI is InChI=1S/C14H22F8/c1-10(2)5-4-6-12(17,18)8-14(21,22)9-13(19,20)7-11(3,15)16/h10H,4-9H2,1-3H3. The van der Waals surface area contributed by atoms with Gasteiger partial charge in [0.05, 0.1) is 19.3 Å². The molecule has 0 saturated heterocycles. The highest BCUT2D eigenvalue weighted by Crippen LogP contribution is 2.43. The van der Waals surface area contributed by atoms with E-state index in [9.17, 15) is 35.1 Å². The van der Waals surface area contributed by atoms with Crippen molar-refractivity contribution in [2.75, 3.05) is 0 Å². The van der Waals surface area contributed by atoms with Crippen molar-refractivity contribution in [1.82, 2.24) is 0 Å². The van der Waals surface area contributed by atoms with Gasteiger partial charge in [-0.3, -0.25) is 0 Å². The van der Waals surface area contributed by atoms with E-state index in [-0.39, 0.29) is 19.3 Å². The topological polar surface area (TPSA) is 0 Å². The van der Waals surface area contributed by atoms with Gasteiger partial charge in [0.25, 0.3) is 23.7 Å². The summed E-state index contributed by atoms with van der Waals surface area (Å²) in [4.78, 5) is 0. The molecular weight excluding hydrogens is 320 g/mol. The lowest BCUT2D eigenvalue weighted by molar-refractivity contribution is -0.177. The maximum Gasteiger partial charge on any atom is 0.259 e. The summed E-state index contributed by atoms with van der Waals surface area (Å²) in [6, 6.07) is 0. The van der Waals surface area contributed by atoms with Crippen molar-refractivity contribution in [3.05, 3.63) is 0 Å². The molecule has 0 heterocycles. The number of hydrogen-bond acceptors (Lipinski definition) is 0. The number of rotatable bonds is 10. The van der Waals surface area contributed by atoms with Gasteiger partial charge in [-0.15, -0.1) is 0 Å². The summed E-state index contributed by atoms with van der Waals surface area (Å²) in [6.07, 6.45) is -6.89. The van der Waals surface area contributed by atoms with Gasteiger partial charge in [-0.1, -0.05) is 20.3 Å². The molecule has 0 bridgehead atoms. The normalized spacial score (nSPS) is 14.7. The predicted octanol–water partition coefficient (Wildman–Crippen LogP) is 6.54. The molecule has 0 amide bonds. The Morgan fingerprint density at radius 3 is 1.50 bits per heavy atom. The molecule has 0 rings (SSSR count). The summed E-state index contributed by atoms with van der Waals surface area (Å²) in [7, 11) is 0. The third-order valence-electron chi connectivity index (χ3n) is 2.93. The second-order valence-electron chi connectivity index (χ2n) is 6.45. The fourth-order valence-electron chi connectivity index (χ4n) is 2.19. The van der Waals surface area contributed by atoms with E-state index in [4.69, 9.17) is 0 Å². The molecular formula is C14H22F8. The van der Waals surface area contributed by atoms with Crippen molar-refractivity contribution in [3.8, 4) is 0 Å². The van der Waals surface area contributed by atoms with Crippen LogP contribution in [0.1, 0.15) is 59.3 Å². The largest absolute Gasteiger partial charge is 0.259 e. The predicted molar refractivity (Wildman–Crippen MR) is 68.0 cm³/mol. The second kappa shape index (κ2) is 7.34. The number of halogens is 8. The Balaban J connectivity index is 4.60. The van der Waals surface area contributed by atoms with Crippen molar-refractivity contribution in [2.45, 2.75) is 83.0 Å². The van der Waals surface area contributed by atoms with Crippen LogP contribution in [0.2, 0.25) is 0 Å². The Kier molecular flexibility index (Phi) is 7.15.